The molecule has 0 atom stereocenters. The zero-order valence-electron chi connectivity index (χ0n) is 8.79. The van der Waals surface area contributed by atoms with Crippen molar-refractivity contribution in [1.82, 2.24) is 9.97 Å². The Labute approximate surface area is 84.0 Å². The predicted octanol–water partition coefficient (Wildman–Crippen LogP) is 1.78. The smallest absolute Gasteiger partial charge is 0.221 e. The van der Waals surface area contributed by atoms with Gasteiger partial charge in [-0.3, -0.25) is 0 Å². The molecule has 1 heterocycles. The van der Waals surface area contributed by atoms with Crippen molar-refractivity contribution in [3.05, 3.63) is 24.0 Å². The van der Waals surface area contributed by atoms with Crippen molar-refractivity contribution in [3.63, 3.8) is 0 Å². The summed E-state index contributed by atoms with van der Waals surface area (Å²) in [6.45, 7) is 8.39. The minimum absolute atomic E-state index is 0.601. The first kappa shape index (κ1) is 10.5. The van der Waals surface area contributed by atoms with Crippen LogP contribution >= 0.6 is 0 Å². The van der Waals surface area contributed by atoms with Gasteiger partial charge in [-0.05, 0) is 13.8 Å². The SMILES string of the molecule is C=C(C)CNc1ncnc(OC)c1C. The summed E-state index contributed by atoms with van der Waals surface area (Å²) in [6, 6.07) is 0. The van der Waals surface area contributed by atoms with Gasteiger partial charge in [-0.2, -0.15) is 0 Å². The van der Waals surface area contributed by atoms with E-state index in [4.69, 9.17) is 4.74 Å². The number of ether oxygens (including phenoxy) is 1. The summed E-state index contributed by atoms with van der Waals surface area (Å²) in [5, 5.41) is 3.16. The molecule has 0 saturated heterocycles. The van der Waals surface area contributed by atoms with Crippen LogP contribution in [0.3, 0.4) is 0 Å². The summed E-state index contributed by atoms with van der Waals surface area (Å²) in [5.74, 6) is 1.39. The molecular weight excluding hydrogens is 178 g/mol. The molecular formula is C10H15N3O. The first-order valence-corrected chi connectivity index (χ1v) is 4.39. The Bertz CT molecular complexity index is 336. The van der Waals surface area contributed by atoms with E-state index in [1.165, 1.54) is 6.33 Å². The summed E-state index contributed by atoms with van der Waals surface area (Å²) in [7, 11) is 1.60. The molecule has 76 valence electrons. The van der Waals surface area contributed by atoms with E-state index in [-0.39, 0.29) is 0 Å². The molecule has 0 spiro atoms. The minimum atomic E-state index is 0.601. The molecule has 0 aromatic carbocycles. The quantitative estimate of drug-likeness (QED) is 0.740. The van der Waals surface area contributed by atoms with Gasteiger partial charge < -0.3 is 10.1 Å². The van der Waals surface area contributed by atoms with Crippen LogP contribution in [-0.4, -0.2) is 23.6 Å². The summed E-state index contributed by atoms with van der Waals surface area (Å²) in [6.07, 6.45) is 1.48. The maximum atomic E-state index is 5.08. The molecule has 4 nitrogen and oxygen atoms in total. The lowest BCUT2D eigenvalue weighted by Crippen LogP contribution is -2.06. The van der Waals surface area contributed by atoms with Crippen molar-refractivity contribution in [1.29, 1.82) is 0 Å². The topological polar surface area (TPSA) is 47.0 Å². The molecule has 4 heteroatoms. The number of aromatic nitrogens is 2. The highest BCUT2D eigenvalue weighted by Crippen LogP contribution is 2.19. The molecule has 1 N–H and O–H groups in total. The second kappa shape index (κ2) is 4.60. The van der Waals surface area contributed by atoms with E-state index in [9.17, 15) is 0 Å². The van der Waals surface area contributed by atoms with E-state index >= 15 is 0 Å². The molecule has 0 amide bonds. The number of rotatable bonds is 4. The molecule has 14 heavy (non-hydrogen) atoms. The van der Waals surface area contributed by atoms with Gasteiger partial charge in [0.2, 0.25) is 5.88 Å². The van der Waals surface area contributed by atoms with E-state index in [1.807, 2.05) is 13.8 Å². The van der Waals surface area contributed by atoms with Gasteiger partial charge in [0.05, 0.1) is 12.7 Å². The van der Waals surface area contributed by atoms with Crippen molar-refractivity contribution >= 4 is 5.82 Å². The Morgan fingerprint density at radius 3 is 2.86 bits per heavy atom. The van der Waals surface area contributed by atoms with Crippen molar-refractivity contribution in [2.45, 2.75) is 13.8 Å². The fourth-order valence-electron chi connectivity index (χ4n) is 1.05. The Morgan fingerprint density at radius 1 is 1.57 bits per heavy atom. The van der Waals surface area contributed by atoms with Crippen LogP contribution in [0, 0.1) is 6.92 Å². The van der Waals surface area contributed by atoms with Gasteiger partial charge in [-0.15, -0.1) is 0 Å². The van der Waals surface area contributed by atoms with Crippen molar-refractivity contribution < 1.29 is 4.74 Å². The molecule has 0 unspecified atom stereocenters. The Hall–Kier alpha value is -1.58. The van der Waals surface area contributed by atoms with Crippen LogP contribution in [0.4, 0.5) is 5.82 Å². The first-order chi connectivity index (χ1) is 6.65. The fourth-order valence-corrected chi connectivity index (χ4v) is 1.05. The van der Waals surface area contributed by atoms with Crippen molar-refractivity contribution in [3.8, 4) is 5.88 Å². The van der Waals surface area contributed by atoms with Crippen molar-refractivity contribution in [2.24, 2.45) is 0 Å². The van der Waals surface area contributed by atoms with Crippen LogP contribution in [0.1, 0.15) is 12.5 Å². The van der Waals surface area contributed by atoms with Gasteiger partial charge in [0.15, 0.2) is 0 Å². The monoisotopic (exact) mass is 193 g/mol. The predicted molar refractivity (Wildman–Crippen MR) is 56.6 cm³/mol. The largest absolute Gasteiger partial charge is 0.481 e. The average molecular weight is 193 g/mol. The number of anilines is 1. The summed E-state index contributed by atoms with van der Waals surface area (Å²) < 4.78 is 5.08. The summed E-state index contributed by atoms with van der Waals surface area (Å²) in [4.78, 5) is 8.10. The maximum absolute atomic E-state index is 5.08. The van der Waals surface area contributed by atoms with Crippen LogP contribution in [0.5, 0.6) is 5.88 Å². The third-order valence-corrected chi connectivity index (χ3v) is 1.79. The van der Waals surface area contributed by atoms with Gasteiger partial charge in [0.25, 0.3) is 0 Å². The van der Waals surface area contributed by atoms with Crippen LogP contribution < -0.4 is 10.1 Å². The lowest BCUT2D eigenvalue weighted by molar-refractivity contribution is 0.394. The van der Waals surface area contributed by atoms with Gasteiger partial charge >= 0.3 is 0 Å². The molecule has 0 aliphatic rings. The summed E-state index contributed by atoms with van der Waals surface area (Å²) in [5.41, 5.74) is 1.97. The Morgan fingerprint density at radius 2 is 2.29 bits per heavy atom. The minimum Gasteiger partial charge on any atom is -0.481 e. The number of hydrogen-bond acceptors (Lipinski definition) is 4. The van der Waals surface area contributed by atoms with Gasteiger partial charge in [0.1, 0.15) is 12.1 Å². The molecule has 1 aromatic heterocycles. The normalized spacial score (nSPS) is 9.64. The Balaban J connectivity index is 2.81. The zero-order valence-corrected chi connectivity index (χ0v) is 8.79. The van der Waals surface area contributed by atoms with Gasteiger partial charge in [-0.1, -0.05) is 12.2 Å². The zero-order chi connectivity index (χ0) is 10.6. The van der Waals surface area contributed by atoms with Crippen LogP contribution in [-0.2, 0) is 0 Å². The number of methoxy groups -OCH3 is 1. The molecule has 1 aromatic rings. The fraction of sp³-hybridized carbons (Fsp3) is 0.400. The molecule has 0 bridgehead atoms. The summed E-state index contributed by atoms with van der Waals surface area (Å²) >= 11 is 0. The highest BCUT2D eigenvalue weighted by molar-refractivity contribution is 5.48. The number of nitrogens with one attached hydrogen (secondary N) is 1. The molecule has 0 aliphatic heterocycles. The van der Waals surface area contributed by atoms with E-state index < -0.39 is 0 Å². The number of nitrogens with zero attached hydrogens (tertiary/aromatic N) is 2. The van der Waals surface area contributed by atoms with Gasteiger partial charge in [0, 0.05) is 6.54 Å². The Kier molecular flexibility index (Phi) is 3.45. The van der Waals surface area contributed by atoms with E-state index in [2.05, 4.69) is 21.9 Å². The third-order valence-electron chi connectivity index (χ3n) is 1.79. The second-order valence-electron chi connectivity index (χ2n) is 3.17. The highest BCUT2D eigenvalue weighted by Gasteiger charge is 2.05. The van der Waals surface area contributed by atoms with Crippen LogP contribution in [0.25, 0.3) is 0 Å². The average Bonchev–Trinajstić information content (AvgIpc) is 2.16. The lowest BCUT2D eigenvalue weighted by Gasteiger charge is -2.09. The van der Waals surface area contributed by atoms with E-state index in [0.29, 0.717) is 12.4 Å². The molecule has 0 radical (unpaired) electrons. The molecule has 1 rings (SSSR count). The van der Waals surface area contributed by atoms with E-state index in [0.717, 1.165) is 17.0 Å². The standard InChI is InChI=1S/C10H15N3O/c1-7(2)5-11-9-8(3)10(14-4)13-6-12-9/h6H,1,5H2,2-4H3,(H,11,12,13). The maximum Gasteiger partial charge on any atom is 0.221 e. The second-order valence-corrected chi connectivity index (χ2v) is 3.17. The van der Waals surface area contributed by atoms with Gasteiger partial charge in [-0.25, -0.2) is 9.97 Å². The van der Waals surface area contributed by atoms with E-state index in [1.54, 1.807) is 7.11 Å². The lowest BCUT2D eigenvalue weighted by atomic mass is 10.3. The van der Waals surface area contributed by atoms with Crippen molar-refractivity contribution in [2.75, 3.05) is 19.0 Å². The third kappa shape index (κ3) is 2.45. The number of hydrogen-bond donors (Lipinski definition) is 1. The molecule has 0 fully saturated rings. The van der Waals surface area contributed by atoms with Crippen LogP contribution in [0.15, 0.2) is 18.5 Å². The van der Waals surface area contributed by atoms with Crippen LogP contribution in [0.2, 0.25) is 0 Å². The molecule has 0 saturated carbocycles. The first-order valence-electron chi connectivity index (χ1n) is 4.39. The molecule has 0 aliphatic carbocycles. The highest BCUT2D eigenvalue weighted by atomic mass is 16.5.